The van der Waals surface area contributed by atoms with E-state index in [-0.39, 0.29) is 29.9 Å². The summed E-state index contributed by atoms with van der Waals surface area (Å²) < 4.78 is 1.85. The molecule has 2 heterocycles. The molecule has 0 bridgehead atoms. The standard InChI is InChI=1S/C14H13BBrN3O4/c1-6-17-8-4-7(16)5-9(20)11(8)12(22)19(6)14(15)3-2-10(21)18-13(14)23/h4-5,20H,2-3,15H2,1H3,(H,18,21,23). The Hall–Kier alpha value is -2.16. The van der Waals surface area contributed by atoms with E-state index in [1.54, 1.807) is 20.8 Å². The summed E-state index contributed by atoms with van der Waals surface area (Å²) in [6.45, 7) is 1.62. The number of imide groups is 1. The second-order valence-corrected chi connectivity index (χ2v) is 6.69. The lowest BCUT2D eigenvalue weighted by Gasteiger charge is -2.34. The summed E-state index contributed by atoms with van der Waals surface area (Å²) in [5, 5.41) is 12.4. The number of hydrogen-bond acceptors (Lipinski definition) is 5. The van der Waals surface area contributed by atoms with Crippen LogP contribution in [0.4, 0.5) is 0 Å². The van der Waals surface area contributed by atoms with Gasteiger partial charge in [0, 0.05) is 10.9 Å². The molecule has 2 aromatic rings. The van der Waals surface area contributed by atoms with Crippen LogP contribution >= 0.6 is 15.9 Å². The summed E-state index contributed by atoms with van der Waals surface area (Å²) in [6.07, 6.45) is 0.335. The molecule has 1 unspecified atom stereocenters. The number of nitrogens with zero attached hydrogens (tertiary/aromatic N) is 2. The first-order valence-electron chi connectivity index (χ1n) is 7.00. The van der Waals surface area contributed by atoms with E-state index in [0.29, 0.717) is 15.8 Å². The van der Waals surface area contributed by atoms with E-state index in [9.17, 15) is 19.5 Å². The number of halogens is 1. The van der Waals surface area contributed by atoms with E-state index in [1.165, 1.54) is 10.6 Å². The lowest BCUT2D eigenvalue weighted by Crippen LogP contribution is -2.58. The normalized spacial score (nSPS) is 21.5. The van der Waals surface area contributed by atoms with Crippen LogP contribution in [0.15, 0.2) is 21.4 Å². The van der Waals surface area contributed by atoms with Gasteiger partial charge in [-0.2, -0.15) is 0 Å². The van der Waals surface area contributed by atoms with Crippen molar-refractivity contribution in [1.82, 2.24) is 14.9 Å². The van der Waals surface area contributed by atoms with Crippen LogP contribution in [0.1, 0.15) is 18.7 Å². The third-order valence-corrected chi connectivity index (χ3v) is 4.62. The highest BCUT2D eigenvalue weighted by molar-refractivity contribution is 9.10. The molecule has 1 aromatic carbocycles. The van der Waals surface area contributed by atoms with Gasteiger partial charge in [0.1, 0.15) is 24.8 Å². The van der Waals surface area contributed by atoms with Gasteiger partial charge in [0.25, 0.3) is 5.56 Å². The fourth-order valence-corrected chi connectivity index (χ4v) is 3.39. The number of carbonyl (C=O) groups excluding carboxylic acids is 2. The number of amides is 2. The van der Waals surface area contributed by atoms with E-state index in [0.717, 1.165) is 0 Å². The molecule has 0 aliphatic carbocycles. The Morgan fingerprint density at radius 3 is 2.74 bits per heavy atom. The van der Waals surface area contributed by atoms with Crippen molar-refractivity contribution in [1.29, 1.82) is 0 Å². The van der Waals surface area contributed by atoms with Gasteiger partial charge in [-0.25, -0.2) is 4.98 Å². The molecule has 23 heavy (non-hydrogen) atoms. The van der Waals surface area contributed by atoms with Gasteiger partial charge in [-0.1, -0.05) is 15.9 Å². The number of aromatic hydroxyl groups is 1. The molecule has 1 aliphatic heterocycles. The summed E-state index contributed by atoms with van der Waals surface area (Å²) >= 11 is 3.24. The molecule has 2 N–H and O–H groups in total. The van der Waals surface area contributed by atoms with Gasteiger partial charge in [-0.05, 0) is 25.5 Å². The smallest absolute Gasteiger partial charge is 0.265 e. The zero-order chi connectivity index (χ0) is 16.9. The molecule has 7 nitrogen and oxygen atoms in total. The molecule has 118 valence electrons. The predicted octanol–water partition coefficient (Wildman–Crippen LogP) is -0.104. The molecular formula is C14H13BBrN3O4. The maximum Gasteiger partial charge on any atom is 0.265 e. The SMILES string of the molecule is BC1(n2c(C)nc3cc(Br)cc(O)c3c2=O)CCC(=O)NC1=O. The van der Waals surface area contributed by atoms with Crippen molar-refractivity contribution in [2.75, 3.05) is 0 Å². The van der Waals surface area contributed by atoms with Crippen molar-refractivity contribution in [3.63, 3.8) is 0 Å². The van der Waals surface area contributed by atoms with Crippen LogP contribution in [0.3, 0.4) is 0 Å². The molecule has 0 spiro atoms. The van der Waals surface area contributed by atoms with Crippen LogP contribution in [0.25, 0.3) is 10.9 Å². The Balaban J connectivity index is 2.33. The Kier molecular flexibility index (Phi) is 3.55. The Labute approximate surface area is 140 Å². The van der Waals surface area contributed by atoms with Gasteiger partial charge in [-0.3, -0.25) is 24.3 Å². The largest absolute Gasteiger partial charge is 0.507 e. The molecule has 1 aliphatic rings. The molecule has 9 heteroatoms. The molecule has 1 aromatic heterocycles. The van der Waals surface area contributed by atoms with Crippen molar-refractivity contribution < 1.29 is 14.7 Å². The number of aryl methyl sites for hydroxylation is 1. The van der Waals surface area contributed by atoms with Crippen LogP contribution < -0.4 is 10.9 Å². The van der Waals surface area contributed by atoms with Crippen molar-refractivity contribution in [3.8, 4) is 5.75 Å². The Morgan fingerprint density at radius 2 is 2.09 bits per heavy atom. The Morgan fingerprint density at radius 1 is 1.39 bits per heavy atom. The van der Waals surface area contributed by atoms with E-state index in [4.69, 9.17) is 0 Å². The lowest BCUT2D eigenvalue weighted by atomic mass is 9.71. The minimum atomic E-state index is -1.23. The number of aromatic nitrogens is 2. The van der Waals surface area contributed by atoms with Gasteiger partial charge in [0.15, 0.2) is 0 Å². The summed E-state index contributed by atoms with van der Waals surface area (Å²) in [4.78, 5) is 40.9. The number of rotatable bonds is 1. The first kappa shape index (κ1) is 15.7. The maximum absolute atomic E-state index is 12.9. The van der Waals surface area contributed by atoms with Crippen LogP contribution in [0, 0.1) is 6.92 Å². The maximum atomic E-state index is 12.9. The van der Waals surface area contributed by atoms with Crippen molar-refractivity contribution >= 4 is 46.5 Å². The average molecular weight is 378 g/mol. The van der Waals surface area contributed by atoms with Gasteiger partial charge in [0.2, 0.25) is 11.8 Å². The van der Waals surface area contributed by atoms with Gasteiger partial charge in [0.05, 0.1) is 11.0 Å². The van der Waals surface area contributed by atoms with Gasteiger partial charge in [-0.15, -0.1) is 0 Å². The fraction of sp³-hybridized carbons (Fsp3) is 0.286. The van der Waals surface area contributed by atoms with Crippen molar-refractivity contribution in [2.45, 2.75) is 25.2 Å². The summed E-state index contributed by atoms with van der Waals surface area (Å²) in [7, 11) is 1.59. The number of nitrogens with one attached hydrogen (secondary N) is 1. The number of phenolic OH excluding ortho intramolecular Hbond substituents is 1. The molecule has 1 fully saturated rings. The second kappa shape index (κ2) is 5.19. The molecule has 0 saturated carbocycles. The molecule has 1 atom stereocenters. The molecule has 1 saturated heterocycles. The summed E-state index contributed by atoms with van der Waals surface area (Å²) in [6, 6.07) is 3.03. The number of hydrogen-bond donors (Lipinski definition) is 2. The first-order chi connectivity index (χ1) is 10.7. The number of phenols is 1. The average Bonchev–Trinajstić information content (AvgIpc) is 2.42. The predicted molar refractivity (Wildman–Crippen MR) is 89.0 cm³/mol. The zero-order valence-corrected chi connectivity index (χ0v) is 14.1. The highest BCUT2D eigenvalue weighted by Crippen LogP contribution is 2.28. The van der Waals surface area contributed by atoms with Crippen LogP contribution in [-0.4, -0.2) is 34.3 Å². The van der Waals surface area contributed by atoms with Crippen molar-refractivity contribution in [3.05, 3.63) is 32.8 Å². The Bertz CT molecular complexity index is 926. The molecule has 0 radical (unpaired) electrons. The monoisotopic (exact) mass is 377 g/mol. The van der Waals surface area contributed by atoms with Gasteiger partial charge < -0.3 is 5.11 Å². The zero-order valence-electron chi connectivity index (χ0n) is 12.5. The van der Waals surface area contributed by atoms with E-state index in [1.807, 2.05) is 0 Å². The number of fused-ring (bicyclic) bond motifs is 1. The topological polar surface area (TPSA) is 101 Å². The van der Waals surface area contributed by atoms with E-state index in [2.05, 4.69) is 26.2 Å². The third kappa shape index (κ3) is 2.35. The summed E-state index contributed by atoms with van der Waals surface area (Å²) in [5.41, 5.74) is -1.40. The minimum absolute atomic E-state index is 0.0460. The van der Waals surface area contributed by atoms with Crippen LogP contribution in [0.5, 0.6) is 5.75 Å². The van der Waals surface area contributed by atoms with E-state index < -0.39 is 16.9 Å². The van der Waals surface area contributed by atoms with Gasteiger partial charge >= 0.3 is 0 Å². The second-order valence-electron chi connectivity index (χ2n) is 5.77. The van der Waals surface area contributed by atoms with Crippen LogP contribution in [0.2, 0.25) is 0 Å². The highest BCUT2D eigenvalue weighted by atomic mass is 79.9. The molecule has 3 rings (SSSR count). The highest BCUT2D eigenvalue weighted by Gasteiger charge is 2.42. The quantitative estimate of drug-likeness (QED) is 0.533. The fourth-order valence-electron chi connectivity index (χ4n) is 2.96. The molecular weight excluding hydrogens is 365 g/mol. The molecule has 2 amide bonds. The minimum Gasteiger partial charge on any atom is -0.507 e. The third-order valence-electron chi connectivity index (χ3n) is 4.16. The van der Waals surface area contributed by atoms with Crippen molar-refractivity contribution in [2.24, 2.45) is 0 Å². The van der Waals surface area contributed by atoms with Crippen LogP contribution in [-0.2, 0) is 15.0 Å². The number of benzene rings is 1. The lowest BCUT2D eigenvalue weighted by molar-refractivity contribution is -0.137. The number of carbonyl (C=O) groups is 2. The number of piperidine rings is 1. The first-order valence-corrected chi connectivity index (χ1v) is 7.80. The van der Waals surface area contributed by atoms with E-state index >= 15 is 0 Å². The summed E-state index contributed by atoms with van der Waals surface area (Å²) in [5.74, 6) is -0.779.